The Morgan fingerprint density at radius 2 is 2.07 bits per heavy atom. The maximum atomic E-state index is 6.51. The third kappa shape index (κ3) is 3.26. The molecule has 0 fully saturated rings. The van der Waals surface area contributed by atoms with Crippen LogP contribution >= 0.6 is 22.9 Å². The summed E-state index contributed by atoms with van der Waals surface area (Å²) < 4.78 is 2.25. The van der Waals surface area contributed by atoms with E-state index in [-0.39, 0.29) is 0 Å². The molecule has 27 heavy (non-hydrogen) atoms. The van der Waals surface area contributed by atoms with Crippen LogP contribution in [0.5, 0.6) is 0 Å². The van der Waals surface area contributed by atoms with E-state index >= 15 is 0 Å². The molecule has 0 atom stereocenters. The van der Waals surface area contributed by atoms with Gasteiger partial charge in [0.05, 0.1) is 0 Å². The summed E-state index contributed by atoms with van der Waals surface area (Å²) in [6.07, 6.45) is 6.67. The number of aryl methyl sites for hydroxylation is 3. The molecule has 3 nitrogen and oxygen atoms in total. The fourth-order valence-corrected chi connectivity index (χ4v) is 5.60. The molecule has 0 amide bonds. The number of rotatable bonds is 6. The molecule has 0 spiro atoms. The summed E-state index contributed by atoms with van der Waals surface area (Å²) in [5, 5.41) is 10.8. The van der Waals surface area contributed by atoms with Gasteiger partial charge in [-0.25, -0.2) is 0 Å². The van der Waals surface area contributed by atoms with Crippen LogP contribution in [-0.2, 0) is 19.3 Å². The zero-order valence-electron chi connectivity index (χ0n) is 15.9. The van der Waals surface area contributed by atoms with Crippen LogP contribution in [-0.4, -0.2) is 14.8 Å². The topological polar surface area (TPSA) is 30.7 Å². The standard InChI is InChI=1S/C22H24ClN3S/c1-4-5-13-20-25-24-15(3)26(20)22-21(17-10-8-12-19(17)27-22)14(2)16-9-6-7-11-18(16)23/h6-7,9,11H,2,4-5,8,10,12-13H2,1,3H3. The maximum absolute atomic E-state index is 6.51. The Morgan fingerprint density at radius 3 is 2.85 bits per heavy atom. The van der Waals surface area contributed by atoms with Crippen molar-refractivity contribution in [3.63, 3.8) is 0 Å². The van der Waals surface area contributed by atoms with Gasteiger partial charge in [-0.05, 0) is 49.8 Å². The van der Waals surface area contributed by atoms with Crippen LogP contribution in [0.1, 0.15) is 59.4 Å². The van der Waals surface area contributed by atoms with Crippen molar-refractivity contribution >= 4 is 28.5 Å². The van der Waals surface area contributed by atoms with Crippen molar-refractivity contribution in [2.45, 2.75) is 52.4 Å². The van der Waals surface area contributed by atoms with E-state index in [4.69, 9.17) is 11.6 Å². The molecule has 5 heteroatoms. The molecule has 0 radical (unpaired) electrons. The van der Waals surface area contributed by atoms with Crippen molar-refractivity contribution in [1.29, 1.82) is 0 Å². The molecule has 3 aromatic rings. The van der Waals surface area contributed by atoms with Gasteiger partial charge >= 0.3 is 0 Å². The lowest BCUT2D eigenvalue weighted by Gasteiger charge is -2.14. The molecule has 1 aliphatic rings. The zero-order valence-corrected chi connectivity index (χ0v) is 17.5. The fourth-order valence-electron chi connectivity index (χ4n) is 3.87. The van der Waals surface area contributed by atoms with Crippen molar-refractivity contribution in [2.75, 3.05) is 0 Å². The van der Waals surface area contributed by atoms with Gasteiger partial charge in [-0.1, -0.05) is 49.7 Å². The third-order valence-corrected chi connectivity index (χ3v) is 6.86. The highest BCUT2D eigenvalue weighted by molar-refractivity contribution is 7.15. The minimum Gasteiger partial charge on any atom is -0.273 e. The highest BCUT2D eigenvalue weighted by atomic mass is 35.5. The minimum absolute atomic E-state index is 0.748. The van der Waals surface area contributed by atoms with Gasteiger partial charge in [-0.3, -0.25) is 4.57 Å². The van der Waals surface area contributed by atoms with E-state index < -0.39 is 0 Å². The Labute approximate surface area is 169 Å². The van der Waals surface area contributed by atoms with E-state index in [1.165, 1.54) is 27.4 Å². The van der Waals surface area contributed by atoms with Crippen LogP contribution in [0, 0.1) is 6.92 Å². The summed E-state index contributed by atoms with van der Waals surface area (Å²) in [4.78, 5) is 1.47. The molecular formula is C22H24ClN3S. The number of aromatic nitrogens is 3. The maximum Gasteiger partial charge on any atom is 0.138 e. The average Bonchev–Trinajstić information content (AvgIpc) is 3.33. The largest absolute Gasteiger partial charge is 0.273 e. The average molecular weight is 398 g/mol. The number of fused-ring (bicyclic) bond motifs is 1. The van der Waals surface area contributed by atoms with Crippen molar-refractivity contribution in [2.24, 2.45) is 0 Å². The van der Waals surface area contributed by atoms with E-state index in [1.54, 1.807) is 0 Å². The van der Waals surface area contributed by atoms with Gasteiger partial charge in [0.25, 0.3) is 0 Å². The highest BCUT2D eigenvalue weighted by Crippen LogP contribution is 2.44. The van der Waals surface area contributed by atoms with Crippen LogP contribution in [0.15, 0.2) is 30.8 Å². The number of unbranched alkanes of at least 4 members (excludes halogenated alkanes) is 1. The van der Waals surface area contributed by atoms with Crippen molar-refractivity contribution in [3.8, 4) is 5.00 Å². The second kappa shape index (κ2) is 7.61. The van der Waals surface area contributed by atoms with E-state index in [0.29, 0.717) is 0 Å². The van der Waals surface area contributed by atoms with Gasteiger partial charge in [-0.15, -0.1) is 21.5 Å². The molecule has 1 aliphatic carbocycles. The summed E-state index contributed by atoms with van der Waals surface area (Å²) in [6, 6.07) is 7.98. The first-order valence-electron chi connectivity index (χ1n) is 9.61. The predicted octanol–water partition coefficient (Wildman–Crippen LogP) is 6.18. The van der Waals surface area contributed by atoms with Crippen LogP contribution in [0.2, 0.25) is 5.02 Å². The summed E-state index contributed by atoms with van der Waals surface area (Å²) in [6.45, 7) is 8.71. The Kier molecular flexibility index (Phi) is 5.20. The monoisotopic (exact) mass is 397 g/mol. The Morgan fingerprint density at radius 1 is 1.26 bits per heavy atom. The minimum atomic E-state index is 0.748. The van der Waals surface area contributed by atoms with E-state index in [9.17, 15) is 0 Å². The lowest BCUT2D eigenvalue weighted by molar-refractivity contribution is 0.735. The molecule has 0 unspecified atom stereocenters. The summed E-state index contributed by atoms with van der Waals surface area (Å²) >= 11 is 8.38. The second-order valence-electron chi connectivity index (χ2n) is 7.10. The van der Waals surface area contributed by atoms with Gasteiger partial charge in [0.15, 0.2) is 0 Å². The van der Waals surface area contributed by atoms with Crippen molar-refractivity contribution in [3.05, 3.63) is 69.1 Å². The molecule has 4 rings (SSSR count). The number of hydrogen-bond acceptors (Lipinski definition) is 3. The third-order valence-electron chi connectivity index (χ3n) is 5.25. The molecule has 0 saturated heterocycles. The number of halogens is 1. The van der Waals surface area contributed by atoms with Crippen LogP contribution < -0.4 is 0 Å². The molecule has 0 aliphatic heterocycles. The normalized spacial score (nSPS) is 13.1. The molecule has 0 N–H and O–H groups in total. The fraction of sp³-hybridized carbons (Fsp3) is 0.364. The summed E-state index contributed by atoms with van der Waals surface area (Å²) in [5.74, 6) is 1.98. The van der Waals surface area contributed by atoms with Gasteiger partial charge in [0, 0.05) is 27.4 Å². The number of thiophene rings is 1. The molecule has 0 saturated carbocycles. The van der Waals surface area contributed by atoms with Gasteiger partial charge < -0.3 is 0 Å². The number of hydrogen-bond donors (Lipinski definition) is 0. The molecule has 0 bridgehead atoms. The number of benzene rings is 1. The first kappa shape index (κ1) is 18.5. The molecule has 2 heterocycles. The van der Waals surface area contributed by atoms with Gasteiger partial charge in [-0.2, -0.15) is 0 Å². The summed E-state index contributed by atoms with van der Waals surface area (Å²) in [7, 11) is 0. The van der Waals surface area contributed by atoms with Crippen LogP contribution in [0.3, 0.4) is 0 Å². The molecule has 1 aromatic carbocycles. The first-order valence-corrected chi connectivity index (χ1v) is 10.8. The van der Waals surface area contributed by atoms with E-state index in [2.05, 4.69) is 34.3 Å². The smallest absolute Gasteiger partial charge is 0.138 e. The Hall–Kier alpha value is -1.91. The Balaban J connectivity index is 1.88. The summed E-state index contributed by atoms with van der Waals surface area (Å²) in [5.41, 5.74) is 4.69. The van der Waals surface area contributed by atoms with E-state index in [1.807, 2.05) is 36.5 Å². The van der Waals surface area contributed by atoms with Crippen LogP contribution in [0.25, 0.3) is 10.6 Å². The highest BCUT2D eigenvalue weighted by Gasteiger charge is 2.27. The quantitative estimate of drug-likeness (QED) is 0.497. The number of nitrogens with zero attached hydrogens (tertiary/aromatic N) is 3. The van der Waals surface area contributed by atoms with Gasteiger partial charge in [0.1, 0.15) is 16.6 Å². The first-order chi connectivity index (χ1) is 13.1. The van der Waals surface area contributed by atoms with Crippen molar-refractivity contribution in [1.82, 2.24) is 14.8 Å². The molecule has 140 valence electrons. The van der Waals surface area contributed by atoms with E-state index in [0.717, 1.165) is 59.9 Å². The molecular weight excluding hydrogens is 374 g/mol. The van der Waals surface area contributed by atoms with Crippen LogP contribution in [0.4, 0.5) is 0 Å². The van der Waals surface area contributed by atoms with Crippen molar-refractivity contribution < 1.29 is 0 Å². The van der Waals surface area contributed by atoms with Gasteiger partial charge in [0.2, 0.25) is 0 Å². The SMILES string of the molecule is C=C(c1ccccc1Cl)c1c(-n2c(C)nnc2CCCC)sc2c1CCC2. The second-order valence-corrected chi connectivity index (χ2v) is 8.59. The molecule has 2 aromatic heterocycles. The lowest BCUT2D eigenvalue weighted by Crippen LogP contribution is -2.05. The predicted molar refractivity (Wildman–Crippen MR) is 114 cm³/mol. The Bertz CT molecular complexity index is 999. The lowest BCUT2D eigenvalue weighted by atomic mass is 9.96. The zero-order chi connectivity index (χ0) is 19.0.